The van der Waals surface area contributed by atoms with Crippen molar-refractivity contribution < 1.29 is 9.59 Å². The number of rotatable bonds is 4. The molecule has 0 radical (unpaired) electrons. The van der Waals surface area contributed by atoms with E-state index in [9.17, 15) is 9.59 Å². The molecule has 1 saturated carbocycles. The van der Waals surface area contributed by atoms with E-state index in [1.807, 2.05) is 6.08 Å². The molecule has 3 aliphatic rings. The lowest BCUT2D eigenvalue weighted by molar-refractivity contribution is -0.131. The average Bonchev–Trinajstić information content (AvgIpc) is 3.26. The number of aromatic nitrogens is 2. The summed E-state index contributed by atoms with van der Waals surface area (Å²) in [5, 5.41) is 8.61. The van der Waals surface area contributed by atoms with Crippen molar-refractivity contribution in [2.45, 2.75) is 37.0 Å². The van der Waals surface area contributed by atoms with Crippen molar-refractivity contribution >= 4 is 23.6 Å². The molecule has 6 nitrogen and oxygen atoms in total. The maximum absolute atomic E-state index is 12.4. The molecule has 2 aliphatic heterocycles. The van der Waals surface area contributed by atoms with Crippen molar-refractivity contribution in [2.24, 2.45) is 17.8 Å². The van der Waals surface area contributed by atoms with Crippen LogP contribution in [0.3, 0.4) is 0 Å². The van der Waals surface area contributed by atoms with Gasteiger partial charge in [-0.1, -0.05) is 6.08 Å². The second-order valence-corrected chi connectivity index (χ2v) is 7.95. The van der Waals surface area contributed by atoms with Crippen molar-refractivity contribution in [3.8, 4) is 0 Å². The van der Waals surface area contributed by atoms with Gasteiger partial charge in [0, 0.05) is 42.1 Å². The van der Waals surface area contributed by atoms with Crippen LogP contribution < -0.4 is 10.6 Å². The number of thioether (sulfide) groups is 1. The third-order valence-electron chi connectivity index (χ3n) is 5.45. The van der Waals surface area contributed by atoms with Crippen LogP contribution in [-0.4, -0.2) is 39.6 Å². The van der Waals surface area contributed by atoms with Crippen LogP contribution in [-0.2, 0) is 16.0 Å². The van der Waals surface area contributed by atoms with Crippen molar-refractivity contribution in [1.82, 2.24) is 20.6 Å². The van der Waals surface area contributed by atoms with Crippen LogP contribution in [0.25, 0.3) is 0 Å². The number of fused-ring (bicyclic) bond motifs is 3. The minimum absolute atomic E-state index is 0.00392. The molecular formula is C17H22N4O2S. The second kappa shape index (κ2) is 6.63. The number of piperidine rings is 1. The fourth-order valence-electron chi connectivity index (χ4n) is 4.18. The Kier molecular flexibility index (Phi) is 4.35. The van der Waals surface area contributed by atoms with Gasteiger partial charge in [0.25, 0.3) is 0 Å². The van der Waals surface area contributed by atoms with Crippen LogP contribution in [0.4, 0.5) is 0 Å². The van der Waals surface area contributed by atoms with Crippen LogP contribution in [0.5, 0.6) is 0 Å². The van der Waals surface area contributed by atoms with E-state index >= 15 is 0 Å². The van der Waals surface area contributed by atoms with E-state index in [0.29, 0.717) is 17.7 Å². The van der Waals surface area contributed by atoms with Gasteiger partial charge in [0.05, 0.1) is 12.2 Å². The number of aromatic amines is 1. The number of carbonyl (C=O) groups is 2. The maximum Gasteiger partial charge on any atom is 0.228 e. The molecule has 0 aromatic carbocycles. The van der Waals surface area contributed by atoms with E-state index in [4.69, 9.17) is 0 Å². The number of amides is 2. The summed E-state index contributed by atoms with van der Waals surface area (Å²) in [6, 6.07) is 0.142. The van der Waals surface area contributed by atoms with E-state index < -0.39 is 0 Å². The van der Waals surface area contributed by atoms with E-state index in [1.54, 1.807) is 24.3 Å². The van der Waals surface area contributed by atoms with Gasteiger partial charge in [-0.15, -0.1) is 11.8 Å². The van der Waals surface area contributed by atoms with Gasteiger partial charge in [-0.25, -0.2) is 4.98 Å². The summed E-state index contributed by atoms with van der Waals surface area (Å²) in [7, 11) is 0. The van der Waals surface area contributed by atoms with Gasteiger partial charge in [0.1, 0.15) is 0 Å². The molecule has 5 unspecified atom stereocenters. The summed E-state index contributed by atoms with van der Waals surface area (Å²) in [4.78, 5) is 31.7. The smallest absolute Gasteiger partial charge is 0.228 e. The predicted molar refractivity (Wildman–Crippen MR) is 92.1 cm³/mol. The highest BCUT2D eigenvalue weighted by Crippen LogP contribution is 2.45. The van der Waals surface area contributed by atoms with Gasteiger partial charge < -0.3 is 15.6 Å². The Hall–Kier alpha value is -1.76. The summed E-state index contributed by atoms with van der Waals surface area (Å²) in [6.45, 7) is 0.614. The molecule has 24 heavy (non-hydrogen) atoms. The molecule has 3 N–H and O–H groups in total. The quantitative estimate of drug-likeness (QED) is 0.765. The normalized spacial score (nSPS) is 34.3. The zero-order valence-corrected chi connectivity index (χ0v) is 14.2. The Morgan fingerprint density at radius 1 is 1.42 bits per heavy atom. The van der Waals surface area contributed by atoms with Crippen LogP contribution in [0.1, 0.15) is 25.0 Å². The van der Waals surface area contributed by atoms with E-state index in [2.05, 4.69) is 26.0 Å². The second-order valence-electron chi connectivity index (χ2n) is 6.86. The molecular weight excluding hydrogens is 324 g/mol. The molecule has 5 atom stereocenters. The van der Waals surface area contributed by atoms with Gasteiger partial charge in [-0.05, 0) is 30.6 Å². The molecule has 7 heteroatoms. The zero-order valence-electron chi connectivity index (χ0n) is 13.4. The fraction of sp³-hybridized carbons (Fsp3) is 0.588. The Morgan fingerprint density at radius 3 is 3.17 bits per heavy atom. The van der Waals surface area contributed by atoms with Crippen LogP contribution in [0.15, 0.2) is 24.0 Å². The molecule has 2 fully saturated rings. The molecule has 0 spiro atoms. The zero-order chi connectivity index (χ0) is 16.5. The largest absolute Gasteiger partial charge is 0.355 e. The first-order valence-electron chi connectivity index (χ1n) is 8.60. The minimum Gasteiger partial charge on any atom is -0.355 e. The van der Waals surface area contributed by atoms with E-state index in [1.165, 1.54) is 0 Å². The topological polar surface area (TPSA) is 86.9 Å². The number of hydrogen-bond donors (Lipinski definition) is 3. The first-order valence-corrected chi connectivity index (χ1v) is 9.54. The predicted octanol–water partition coefficient (Wildman–Crippen LogP) is 1.23. The van der Waals surface area contributed by atoms with Crippen LogP contribution in [0, 0.1) is 17.8 Å². The third-order valence-corrected chi connectivity index (χ3v) is 6.72. The Labute approximate surface area is 145 Å². The standard InChI is InChI=1S/C17H22N4O2S/c22-16(19-5-3-11-8-18-9-20-11)10-1-2-12-14(7-10)21-17(23)13-4-6-24-15(12)13/h4,6,8-10,12-15H,1-3,5,7H2,(H,18,20)(H,19,22)(H,21,23). The van der Waals surface area contributed by atoms with Gasteiger partial charge in [-0.2, -0.15) is 0 Å². The van der Waals surface area contributed by atoms with Crippen molar-refractivity contribution in [1.29, 1.82) is 0 Å². The molecule has 3 heterocycles. The molecule has 1 saturated heterocycles. The summed E-state index contributed by atoms with van der Waals surface area (Å²) in [6.07, 6.45) is 8.89. The van der Waals surface area contributed by atoms with Gasteiger partial charge >= 0.3 is 0 Å². The first kappa shape index (κ1) is 15.7. The lowest BCUT2D eigenvalue weighted by Crippen LogP contribution is -2.57. The number of carbonyl (C=O) groups excluding carboxylic acids is 2. The summed E-state index contributed by atoms with van der Waals surface area (Å²) in [5.41, 5.74) is 1.02. The number of hydrogen-bond acceptors (Lipinski definition) is 4. The van der Waals surface area contributed by atoms with E-state index in [-0.39, 0.29) is 29.7 Å². The van der Waals surface area contributed by atoms with Crippen molar-refractivity contribution in [3.63, 3.8) is 0 Å². The summed E-state index contributed by atoms with van der Waals surface area (Å²) >= 11 is 1.79. The molecule has 2 amide bonds. The Bertz CT molecular complexity index is 645. The SMILES string of the molecule is O=C(NCCc1cnc[nH]1)C1CCC2C(C1)NC(=O)C1C=CSC12. The third kappa shape index (κ3) is 2.97. The maximum atomic E-state index is 12.4. The van der Waals surface area contributed by atoms with Gasteiger partial charge in [-0.3, -0.25) is 9.59 Å². The van der Waals surface area contributed by atoms with Crippen LogP contribution >= 0.6 is 11.8 Å². The van der Waals surface area contributed by atoms with Gasteiger partial charge in [0.15, 0.2) is 0 Å². The monoisotopic (exact) mass is 346 g/mol. The van der Waals surface area contributed by atoms with Crippen molar-refractivity contribution in [2.75, 3.05) is 6.54 Å². The highest BCUT2D eigenvalue weighted by atomic mass is 32.2. The number of imidazole rings is 1. The molecule has 1 aliphatic carbocycles. The highest BCUT2D eigenvalue weighted by molar-refractivity contribution is 8.03. The lowest BCUT2D eigenvalue weighted by atomic mass is 9.71. The number of nitrogens with one attached hydrogen (secondary N) is 3. The Balaban J connectivity index is 1.31. The highest BCUT2D eigenvalue weighted by Gasteiger charge is 2.47. The summed E-state index contributed by atoms with van der Waals surface area (Å²) in [5.74, 6) is 0.756. The average molecular weight is 346 g/mol. The molecule has 0 bridgehead atoms. The first-order chi connectivity index (χ1) is 11.7. The number of H-pyrrole nitrogens is 1. The number of nitrogens with zero attached hydrogens (tertiary/aromatic N) is 1. The fourth-order valence-corrected chi connectivity index (χ4v) is 5.53. The molecule has 128 valence electrons. The van der Waals surface area contributed by atoms with Crippen molar-refractivity contribution in [3.05, 3.63) is 29.7 Å². The molecule has 4 rings (SSSR count). The van der Waals surface area contributed by atoms with E-state index in [0.717, 1.165) is 31.4 Å². The molecule has 1 aromatic rings. The van der Waals surface area contributed by atoms with Crippen LogP contribution in [0.2, 0.25) is 0 Å². The molecule has 1 aromatic heterocycles. The lowest BCUT2D eigenvalue weighted by Gasteiger charge is -2.44. The minimum atomic E-state index is 0.00392. The summed E-state index contributed by atoms with van der Waals surface area (Å²) < 4.78 is 0. The Morgan fingerprint density at radius 2 is 2.33 bits per heavy atom. The van der Waals surface area contributed by atoms with Gasteiger partial charge in [0.2, 0.25) is 11.8 Å².